The Morgan fingerprint density at radius 3 is 2.44 bits per heavy atom. The van der Waals surface area contributed by atoms with Gasteiger partial charge in [-0.3, -0.25) is 9.69 Å². The molecule has 1 atom stereocenters. The predicted octanol–water partition coefficient (Wildman–Crippen LogP) is 3.05. The molecule has 0 radical (unpaired) electrons. The van der Waals surface area contributed by atoms with Crippen LogP contribution in [0.4, 0.5) is 0 Å². The van der Waals surface area contributed by atoms with Gasteiger partial charge in [-0.25, -0.2) is 4.79 Å². The number of nitrogens with zero attached hydrogens (tertiary/aromatic N) is 1. The molecule has 5 nitrogen and oxygen atoms in total. The van der Waals surface area contributed by atoms with Crippen molar-refractivity contribution in [1.29, 1.82) is 0 Å². The summed E-state index contributed by atoms with van der Waals surface area (Å²) in [6.45, 7) is 6.58. The third kappa shape index (κ3) is 5.56. The second-order valence-electron chi connectivity index (χ2n) is 7.33. The highest BCUT2D eigenvalue weighted by Crippen LogP contribution is 2.32. The van der Waals surface area contributed by atoms with Gasteiger partial charge in [0.05, 0.1) is 0 Å². The van der Waals surface area contributed by atoms with Gasteiger partial charge in [-0.2, -0.15) is 0 Å². The zero-order valence-electron chi connectivity index (χ0n) is 15.3. The Morgan fingerprint density at radius 1 is 1.24 bits per heavy atom. The first kappa shape index (κ1) is 19.4. The Bertz CT molecular complexity index is 566. The number of rotatable bonds is 8. The first-order valence-electron chi connectivity index (χ1n) is 9.24. The molecule has 25 heavy (non-hydrogen) atoms. The van der Waals surface area contributed by atoms with Crippen molar-refractivity contribution in [3.63, 3.8) is 0 Å². The highest BCUT2D eigenvalue weighted by molar-refractivity contribution is 5.87. The van der Waals surface area contributed by atoms with Crippen LogP contribution in [0, 0.1) is 5.41 Å². The molecule has 0 aromatic heterocycles. The van der Waals surface area contributed by atoms with Crippen LogP contribution in [-0.2, 0) is 16.1 Å². The van der Waals surface area contributed by atoms with Crippen molar-refractivity contribution in [2.45, 2.75) is 58.5 Å². The highest BCUT2D eigenvalue weighted by Gasteiger charge is 2.38. The Kier molecular flexibility index (Phi) is 7.00. The van der Waals surface area contributed by atoms with Gasteiger partial charge in [0.1, 0.15) is 6.04 Å². The zero-order chi connectivity index (χ0) is 18.3. The minimum atomic E-state index is -0.938. The molecule has 1 fully saturated rings. The average Bonchev–Trinajstić information content (AvgIpc) is 2.61. The van der Waals surface area contributed by atoms with Gasteiger partial charge in [0.25, 0.3) is 0 Å². The van der Waals surface area contributed by atoms with Crippen LogP contribution >= 0.6 is 0 Å². The quantitative estimate of drug-likeness (QED) is 0.759. The summed E-state index contributed by atoms with van der Waals surface area (Å²) in [5, 5.41) is 12.1. The van der Waals surface area contributed by atoms with E-state index in [1.54, 1.807) is 0 Å². The minimum absolute atomic E-state index is 0.115. The second-order valence-corrected chi connectivity index (χ2v) is 7.33. The van der Waals surface area contributed by atoms with Crippen LogP contribution < -0.4 is 5.32 Å². The van der Waals surface area contributed by atoms with Crippen LogP contribution in [0.3, 0.4) is 0 Å². The van der Waals surface area contributed by atoms with Crippen LogP contribution in [0.1, 0.15) is 51.5 Å². The van der Waals surface area contributed by atoms with E-state index in [-0.39, 0.29) is 5.91 Å². The lowest BCUT2D eigenvalue weighted by atomic mass is 9.79. The van der Waals surface area contributed by atoms with Crippen LogP contribution in [-0.4, -0.2) is 41.0 Å². The van der Waals surface area contributed by atoms with Crippen molar-refractivity contribution < 1.29 is 14.7 Å². The molecule has 1 amide bonds. The van der Waals surface area contributed by atoms with Gasteiger partial charge in [-0.15, -0.1) is 0 Å². The third-order valence-electron chi connectivity index (χ3n) is 5.21. The molecular weight excluding hydrogens is 316 g/mol. The lowest BCUT2D eigenvalue weighted by Gasteiger charge is -2.38. The predicted molar refractivity (Wildman–Crippen MR) is 98.2 cm³/mol. The van der Waals surface area contributed by atoms with Gasteiger partial charge in [0.15, 0.2) is 0 Å². The van der Waals surface area contributed by atoms with E-state index in [0.717, 1.165) is 45.3 Å². The summed E-state index contributed by atoms with van der Waals surface area (Å²) in [6, 6.07) is 9.56. The van der Waals surface area contributed by atoms with E-state index in [0.29, 0.717) is 6.42 Å². The minimum Gasteiger partial charge on any atom is -0.480 e. The van der Waals surface area contributed by atoms with E-state index in [4.69, 9.17) is 0 Å². The largest absolute Gasteiger partial charge is 0.480 e. The van der Waals surface area contributed by atoms with E-state index in [2.05, 4.69) is 22.3 Å². The maximum atomic E-state index is 12.7. The molecule has 1 aliphatic rings. The number of carboxylic acid groups (broad SMARTS) is 1. The smallest absolute Gasteiger partial charge is 0.326 e. The summed E-state index contributed by atoms with van der Waals surface area (Å²) in [5.74, 6) is -1.05. The van der Waals surface area contributed by atoms with Gasteiger partial charge in [0.2, 0.25) is 5.91 Å². The molecule has 0 bridgehead atoms. The van der Waals surface area contributed by atoms with Crippen molar-refractivity contribution in [1.82, 2.24) is 10.2 Å². The van der Waals surface area contributed by atoms with Crippen LogP contribution in [0.15, 0.2) is 30.3 Å². The number of amides is 1. The van der Waals surface area contributed by atoms with Crippen molar-refractivity contribution in [3.8, 4) is 0 Å². The number of nitrogens with one attached hydrogen (secondary N) is 1. The van der Waals surface area contributed by atoms with E-state index in [1.165, 1.54) is 5.56 Å². The van der Waals surface area contributed by atoms with Gasteiger partial charge >= 0.3 is 5.97 Å². The number of hydrogen-bond donors (Lipinski definition) is 2. The molecule has 0 aliphatic carbocycles. The number of carboxylic acids is 1. The fourth-order valence-electron chi connectivity index (χ4n) is 3.27. The summed E-state index contributed by atoms with van der Waals surface area (Å²) >= 11 is 0. The molecule has 1 heterocycles. The summed E-state index contributed by atoms with van der Waals surface area (Å²) in [7, 11) is 0. The van der Waals surface area contributed by atoms with Crippen molar-refractivity contribution in [2.75, 3.05) is 13.1 Å². The molecule has 0 spiro atoms. The van der Waals surface area contributed by atoms with Crippen molar-refractivity contribution >= 4 is 11.9 Å². The van der Waals surface area contributed by atoms with E-state index < -0.39 is 17.4 Å². The normalized spacial score (nSPS) is 18.5. The topological polar surface area (TPSA) is 69.6 Å². The van der Waals surface area contributed by atoms with E-state index in [9.17, 15) is 14.7 Å². The monoisotopic (exact) mass is 346 g/mol. The molecule has 1 aliphatic heterocycles. The Hall–Kier alpha value is -1.88. The standard InChI is InChI=1S/C20H30N2O3/c1-3-4-10-17(18(23)24)21-19(25)20(2)11-13-22(14-12-20)15-16-8-6-5-7-9-16/h5-9,17H,3-4,10-15H2,1-2H3,(H,21,25)(H,23,24). The number of unbranched alkanes of at least 4 members (excludes halogenated alkanes) is 1. The number of carbonyl (C=O) groups is 2. The fourth-order valence-corrected chi connectivity index (χ4v) is 3.27. The molecule has 1 saturated heterocycles. The molecule has 1 aromatic carbocycles. The summed E-state index contributed by atoms with van der Waals surface area (Å²) in [6.07, 6.45) is 3.73. The van der Waals surface area contributed by atoms with Crippen LogP contribution in [0.25, 0.3) is 0 Å². The lowest BCUT2D eigenvalue weighted by molar-refractivity contribution is -0.144. The Labute approximate surface area is 150 Å². The molecular formula is C20H30N2O3. The zero-order valence-corrected chi connectivity index (χ0v) is 15.3. The first-order chi connectivity index (χ1) is 11.9. The maximum Gasteiger partial charge on any atom is 0.326 e. The first-order valence-corrected chi connectivity index (χ1v) is 9.24. The van der Waals surface area contributed by atoms with Crippen LogP contribution in [0.5, 0.6) is 0 Å². The molecule has 5 heteroatoms. The number of likely N-dealkylation sites (tertiary alicyclic amines) is 1. The van der Waals surface area contributed by atoms with Gasteiger partial charge in [-0.1, -0.05) is 57.0 Å². The van der Waals surface area contributed by atoms with Crippen molar-refractivity contribution in [3.05, 3.63) is 35.9 Å². The molecule has 0 saturated carbocycles. The number of carbonyl (C=O) groups excluding carboxylic acids is 1. The summed E-state index contributed by atoms with van der Waals surface area (Å²) in [4.78, 5) is 26.4. The van der Waals surface area contributed by atoms with Crippen molar-refractivity contribution in [2.24, 2.45) is 5.41 Å². The molecule has 2 rings (SSSR count). The van der Waals surface area contributed by atoms with Gasteiger partial charge in [0, 0.05) is 12.0 Å². The van der Waals surface area contributed by atoms with E-state index in [1.807, 2.05) is 32.0 Å². The molecule has 2 N–H and O–H groups in total. The third-order valence-corrected chi connectivity index (χ3v) is 5.21. The number of benzene rings is 1. The number of piperidine rings is 1. The summed E-state index contributed by atoms with van der Waals surface area (Å²) < 4.78 is 0. The van der Waals surface area contributed by atoms with Crippen LogP contribution in [0.2, 0.25) is 0 Å². The number of hydrogen-bond acceptors (Lipinski definition) is 3. The second kappa shape index (κ2) is 8.99. The molecule has 1 unspecified atom stereocenters. The Morgan fingerprint density at radius 2 is 1.88 bits per heavy atom. The van der Waals surface area contributed by atoms with E-state index >= 15 is 0 Å². The maximum absolute atomic E-state index is 12.7. The van der Waals surface area contributed by atoms with Gasteiger partial charge < -0.3 is 10.4 Å². The Balaban J connectivity index is 1.87. The average molecular weight is 346 g/mol. The molecule has 1 aromatic rings. The highest BCUT2D eigenvalue weighted by atomic mass is 16.4. The molecule has 138 valence electrons. The fraction of sp³-hybridized carbons (Fsp3) is 0.600. The van der Waals surface area contributed by atoms with Gasteiger partial charge in [-0.05, 0) is 37.9 Å². The SMILES string of the molecule is CCCCC(NC(=O)C1(C)CCN(Cc2ccccc2)CC1)C(=O)O. The number of aliphatic carboxylic acids is 1. The lowest BCUT2D eigenvalue weighted by Crippen LogP contribution is -2.51. The summed E-state index contributed by atoms with van der Waals surface area (Å²) in [5.41, 5.74) is 0.800.